The van der Waals surface area contributed by atoms with Gasteiger partial charge in [0.1, 0.15) is 21.5 Å². The molecule has 35 heavy (non-hydrogen) atoms. The van der Waals surface area contributed by atoms with Crippen molar-refractivity contribution in [1.82, 2.24) is 15.2 Å². The second-order valence-electron chi connectivity index (χ2n) is 7.23. The molecule has 0 unspecified atom stereocenters. The summed E-state index contributed by atoms with van der Waals surface area (Å²) in [6.45, 7) is 1.84. The van der Waals surface area contributed by atoms with Gasteiger partial charge in [-0.15, -0.1) is 21.5 Å². The van der Waals surface area contributed by atoms with Gasteiger partial charge in [-0.25, -0.2) is 9.37 Å². The van der Waals surface area contributed by atoms with Gasteiger partial charge in [-0.1, -0.05) is 23.4 Å². The molecule has 2 aromatic heterocycles. The van der Waals surface area contributed by atoms with Gasteiger partial charge >= 0.3 is 6.18 Å². The number of benzene rings is 2. The molecule has 4 rings (SSSR count). The van der Waals surface area contributed by atoms with Gasteiger partial charge in [0.05, 0.1) is 32.6 Å². The second-order valence-corrected chi connectivity index (χ2v) is 9.63. The molecule has 0 atom stereocenters. The van der Waals surface area contributed by atoms with Crippen LogP contribution < -0.4 is 5.32 Å². The first-order chi connectivity index (χ1) is 16.6. The Morgan fingerprint density at radius 2 is 1.83 bits per heavy atom. The van der Waals surface area contributed by atoms with Crippen LogP contribution in [0.1, 0.15) is 11.3 Å². The van der Waals surface area contributed by atoms with Crippen LogP contribution in [0.2, 0.25) is 5.02 Å². The van der Waals surface area contributed by atoms with Crippen molar-refractivity contribution in [3.8, 4) is 21.1 Å². The fraction of sp³-hybridized carbons (Fsp3) is 0.130. The summed E-state index contributed by atoms with van der Waals surface area (Å²) in [5.74, 6) is -0.966. The van der Waals surface area contributed by atoms with Crippen molar-refractivity contribution in [1.29, 1.82) is 0 Å². The summed E-state index contributed by atoms with van der Waals surface area (Å²) < 4.78 is 51.9. The maximum Gasteiger partial charge on any atom is 0.416 e. The van der Waals surface area contributed by atoms with Crippen LogP contribution in [0.25, 0.3) is 21.1 Å². The summed E-state index contributed by atoms with van der Waals surface area (Å²) in [7, 11) is 0. The van der Waals surface area contributed by atoms with Gasteiger partial charge in [0.2, 0.25) is 5.91 Å². The predicted octanol–water partition coefficient (Wildman–Crippen LogP) is 7.12. The topological polar surface area (TPSA) is 67.8 Å². The molecule has 0 saturated heterocycles. The third-order valence-electron chi connectivity index (χ3n) is 4.68. The lowest BCUT2D eigenvalue weighted by Gasteiger charge is -2.11. The molecule has 0 bridgehead atoms. The van der Waals surface area contributed by atoms with Gasteiger partial charge < -0.3 is 5.32 Å². The molecular weight excluding hydrogens is 524 g/mol. The Bertz CT molecular complexity index is 1360. The lowest BCUT2D eigenvalue weighted by Crippen LogP contribution is -2.15. The van der Waals surface area contributed by atoms with Crippen molar-refractivity contribution >= 4 is 46.3 Å². The quantitative estimate of drug-likeness (QED) is 0.209. The van der Waals surface area contributed by atoms with Crippen molar-refractivity contribution < 1.29 is 22.4 Å². The zero-order chi connectivity index (χ0) is 25.2. The van der Waals surface area contributed by atoms with Gasteiger partial charge in [-0.2, -0.15) is 13.2 Å². The van der Waals surface area contributed by atoms with Crippen molar-refractivity contribution in [2.45, 2.75) is 18.1 Å². The number of carbonyl (C=O) groups is 1. The van der Waals surface area contributed by atoms with Crippen molar-refractivity contribution in [2.75, 3.05) is 11.1 Å². The smallest absolute Gasteiger partial charge is 0.324 e. The average molecular weight is 539 g/mol. The Labute approximate surface area is 210 Å². The van der Waals surface area contributed by atoms with Crippen LogP contribution in [0, 0.1) is 12.7 Å². The van der Waals surface area contributed by atoms with E-state index in [1.165, 1.54) is 23.5 Å². The molecule has 0 radical (unpaired) electrons. The first-order valence-electron chi connectivity index (χ1n) is 9.97. The minimum atomic E-state index is -4.55. The molecule has 0 aliphatic carbocycles. The summed E-state index contributed by atoms with van der Waals surface area (Å²) in [4.78, 5) is 17.6. The highest BCUT2D eigenvalue weighted by molar-refractivity contribution is 7.99. The fourth-order valence-corrected chi connectivity index (χ4v) is 4.81. The summed E-state index contributed by atoms with van der Waals surface area (Å²) in [5, 5.41) is 11.9. The summed E-state index contributed by atoms with van der Waals surface area (Å²) in [5.41, 5.74) is 1.11. The van der Waals surface area contributed by atoms with E-state index in [4.69, 9.17) is 11.6 Å². The number of aryl methyl sites for hydroxylation is 1. The molecule has 4 aromatic rings. The largest absolute Gasteiger partial charge is 0.416 e. The number of thioether (sulfide) groups is 1. The summed E-state index contributed by atoms with van der Waals surface area (Å²) in [6, 6.07) is 12.2. The number of amides is 1. The van der Waals surface area contributed by atoms with Crippen molar-refractivity contribution in [3.05, 3.63) is 76.7 Å². The minimum absolute atomic E-state index is 0.000397. The third kappa shape index (κ3) is 6.16. The molecule has 0 aliphatic heterocycles. The third-order valence-corrected chi connectivity index (χ3v) is 7.16. The highest BCUT2D eigenvalue weighted by atomic mass is 35.5. The summed E-state index contributed by atoms with van der Waals surface area (Å²) in [6.07, 6.45) is -4.55. The van der Waals surface area contributed by atoms with Gasteiger partial charge in [0, 0.05) is 5.56 Å². The molecule has 0 fully saturated rings. The fourth-order valence-electron chi connectivity index (χ4n) is 2.99. The molecule has 2 heterocycles. The second kappa shape index (κ2) is 10.3. The maximum absolute atomic E-state index is 13.2. The van der Waals surface area contributed by atoms with Gasteiger partial charge in [-0.3, -0.25) is 4.79 Å². The Hall–Kier alpha value is -3.02. The van der Waals surface area contributed by atoms with Crippen LogP contribution in [-0.4, -0.2) is 26.8 Å². The highest BCUT2D eigenvalue weighted by Gasteiger charge is 2.31. The zero-order valence-corrected chi connectivity index (χ0v) is 20.2. The lowest BCUT2D eigenvalue weighted by atomic mass is 10.2. The molecule has 5 nitrogen and oxygen atoms in total. The van der Waals surface area contributed by atoms with E-state index in [2.05, 4.69) is 20.5 Å². The lowest BCUT2D eigenvalue weighted by molar-refractivity contribution is -0.137. The average Bonchev–Trinajstić information content (AvgIpc) is 3.20. The number of halogens is 5. The number of nitrogens with zero attached hydrogens (tertiary/aromatic N) is 3. The number of rotatable bonds is 6. The van der Waals surface area contributed by atoms with E-state index in [0.29, 0.717) is 10.7 Å². The van der Waals surface area contributed by atoms with Crippen molar-refractivity contribution in [3.63, 3.8) is 0 Å². The predicted molar refractivity (Wildman–Crippen MR) is 129 cm³/mol. The van der Waals surface area contributed by atoms with Crippen LogP contribution in [-0.2, 0) is 11.0 Å². The van der Waals surface area contributed by atoms with Crippen molar-refractivity contribution in [2.24, 2.45) is 0 Å². The molecule has 1 amide bonds. The van der Waals surface area contributed by atoms with E-state index >= 15 is 0 Å². The van der Waals surface area contributed by atoms with Crippen LogP contribution in [0.3, 0.4) is 0 Å². The number of hydrogen-bond acceptors (Lipinski definition) is 6. The molecule has 180 valence electrons. The van der Waals surface area contributed by atoms with Crippen LogP contribution in [0.4, 0.5) is 23.2 Å². The normalized spacial score (nSPS) is 11.5. The van der Waals surface area contributed by atoms with E-state index < -0.39 is 17.6 Å². The summed E-state index contributed by atoms with van der Waals surface area (Å²) >= 11 is 8.39. The maximum atomic E-state index is 13.2. The van der Waals surface area contributed by atoms with Gasteiger partial charge in [0.25, 0.3) is 0 Å². The van der Waals surface area contributed by atoms with E-state index in [0.717, 1.165) is 51.1 Å². The molecule has 2 aromatic carbocycles. The first kappa shape index (κ1) is 25.1. The number of alkyl halides is 3. The Balaban J connectivity index is 1.40. The van der Waals surface area contributed by atoms with Gasteiger partial charge in [0.15, 0.2) is 0 Å². The Kier molecular flexibility index (Phi) is 7.39. The zero-order valence-electron chi connectivity index (χ0n) is 17.9. The first-order valence-corrected chi connectivity index (χ1v) is 12.1. The molecule has 1 N–H and O–H groups in total. The van der Waals surface area contributed by atoms with E-state index in [-0.39, 0.29) is 22.3 Å². The molecule has 12 heteroatoms. The molecule has 0 saturated carbocycles. The van der Waals surface area contributed by atoms with Crippen LogP contribution >= 0.6 is 34.7 Å². The number of hydrogen-bond donors (Lipinski definition) is 1. The number of anilines is 1. The number of carbonyl (C=O) groups excluding carboxylic acids is 1. The number of aromatic nitrogens is 3. The van der Waals surface area contributed by atoms with Gasteiger partial charge in [-0.05, 0) is 61.5 Å². The van der Waals surface area contributed by atoms with Crippen LogP contribution in [0.15, 0.2) is 59.6 Å². The minimum Gasteiger partial charge on any atom is -0.324 e. The van der Waals surface area contributed by atoms with E-state index in [1.807, 2.05) is 6.92 Å². The van der Waals surface area contributed by atoms with E-state index in [9.17, 15) is 22.4 Å². The molecule has 0 spiro atoms. The Morgan fingerprint density at radius 1 is 1.09 bits per heavy atom. The van der Waals surface area contributed by atoms with E-state index in [1.54, 1.807) is 24.3 Å². The van der Waals surface area contributed by atoms with Crippen LogP contribution in [0.5, 0.6) is 0 Å². The molecule has 0 aliphatic rings. The highest BCUT2D eigenvalue weighted by Crippen LogP contribution is 2.35. The molecular formula is C23H15ClF4N4OS2. The Morgan fingerprint density at radius 3 is 2.49 bits per heavy atom. The number of thiazole rings is 1. The monoisotopic (exact) mass is 538 g/mol. The number of nitrogens with one attached hydrogen (secondary N) is 1. The standard InChI is InChI=1S/C23H15ClF4N4OS2/c1-12-21(35-22(29-12)13-2-5-15(25)6-3-13)17-8-9-20(32-31-17)34-11-19(33)30-18-10-14(23(26,27)28)4-7-16(18)24/h2-10H,11H2,1H3,(H,30,33). The SMILES string of the molecule is Cc1nc(-c2ccc(F)cc2)sc1-c1ccc(SCC(=O)Nc2cc(C(F)(F)F)ccc2Cl)nn1.